The lowest BCUT2D eigenvalue weighted by molar-refractivity contribution is -1.05. The average molecular weight is 328 g/mol. The summed E-state index contributed by atoms with van der Waals surface area (Å²) in [5, 5.41) is 13.4. The number of fused-ring (bicyclic) bond motifs is 2. The summed E-state index contributed by atoms with van der Waals surface area (Å²) in [5.41, 5.74) is -0.218. The van der Waals surface area contributed by atoms with Crippen molar-refractivity contribution in [2.75, 3.05) is 33.0 Å². The van der Waals surface area contributed by atoms with Crippen LogP contribution >= 0.6 is 0 Å². The lowest BCUT2D eigenvalue weighted by Crippen LogP contribution is -3.30. The van der Waals surface area contributed by atoms with Crippen LogP contribution < -0.4 is 10.2 Å². The number of hydrogen-bond donors (Lipinski definition) is 2. The Morgan fingerprint density at radius 2 is 2.05 bits per heavy atom. The fourth-order valence-electron chi connectivity index (χ4n) is 3.26. The van der Waals surface area contributed by atoms with Gasteiger partial charge in [0.25, 0.3) is 0 Å². The zero-order chi connectivity index (χ0) is 16.0. The highest BCUT2D eigenvalue weighted by atomic mass is 32.2. The first-order valence-corrected chi connectivity index (χ1v) is 8.64. The Hall–Kier alpha value is -1.55. The summed E-state index contributed by atoms with van der Waals surface area (Å²) in [4.78, 5) is 12.3. The van der Waals surface area contributed by atoms with Crippen molar-refractivity contribution in [1.82, 2.24) is 4.31 Å². The van der Waals surface area contributed by atoms with Gasteiger partial charge in [0, 0.05) is 4.92 Å². The zero-order valence-corrected chi connectivity index (χ0v) is 13.2. The minimum Gasteiger partial charge on any atom is -0.294 e. The number of aryl methyl sites for hydroxylation is 1. The van der Waals surface area contributed by atoms with E-state index in [0.717, 1.165) is 10.5 Å². The van der Waals surface area contributed by atoms with Crippen molar-refractivity contribution < 1.29 is 23.6 Å². The molecule has 1 unspecified atom stereocenters. The largest absolute Gasteiger partial charge is 0.330 e. The third-order valence-corrected chi connectivity index (χ3v) is 6.26. The van der Waals surface area contributed by atoms with E-state index in [-0.39, 0.29) is 23.0 Å². The van der Waals surface area contributed by atoms with Gasteiger partial charge in [-0.25, -0.2) is 8.42 Å². The van der Waals surface area contributed by atoms with Crippen molar-refractivity contribution >= 4 is 10.0 Å². The van der Waals surface area contributed by atoms with E-state index in [1.165, 1.54) is 4.31 Å². The van der Waals surface area contributed by atoms with E-state index in [1.807, 2.05) is 12.2 Å². The van der Waals surface area contributed by atoms with Crippen LogP contribution in [0.2, 0.25) is 0 Å². The molecule has 0 spiro atoms. The first kappa shape index (κ1) is 15.3. The van der Waals surface area contributed by atoms with Crippen molar-refractivity contribution in [2.24, 2.45) is 0 Å². The molecular formula is C13H20N4O4S+2. The minimum atomic E-state index is -3.70. The first-order chi connectivity index (χ1) is 10.3. The summed E-state index contributed by atoms with van der Waals surface area (Å²) in [6.45, 7) is 3.48. The molecule has 0 amide bonds. The normalized spacial score (nSPS) is 29.2. The third kappa shape index (κ3) is 2.50. The van der Waals surface area contributed by atoms with E-state index in [2.05, 4.69) is 0 Å². The van der Waals surface area contributed by atoms with Crippen LogP contribution in [0.5, 0.6) is 0 Å². The number of quaternary nitrogens is 2. The van der Waals surface area contributed by atoms with Gasteiger partial charge in [-0.05, 0) is 19.1 Å². The predicted molar refractivity (Wildman–Crippen MR) is 77.2 cm³/mol. The molecule has 22 heavy (non-hydrogen) atoms. The fourth-order valence-corrected chi connectivity index (χ4v) is 4.80. The number of nitrogens with two attached hydrogens (primary N) is 1. The summed E-state index contributed by atoms with van der Waals surface area (Å²) >= 11 is 0. The maximum Gasteiger partial charge on any atom is 0.330 e. The lowest BCUT2D eigenvalue weighted by Gasteiger charge is -2.40. The van der Waals surface area contributed by atoms with Crippen LogP contribution in [0.3, 0.4) is 0 Å². The SMILES string of the molecule is Cc1ccc(S(=O)(=O)N2C[NH+]3C[NH2+]C[C@]([N+](=O)[O-])(C2)C3)cc1. The van der Waals surface area contributed by atoms with Crippen molar-refractivity contribution in [3.05, 3.63) is 39.9 Å². The Morgan fingerprint density at radius 3 is 2.68 bits per heavy atom. The summed E-state index contributed by atoms with van der Waals surface area (Å²) in [6, 6.07) is 6.60. The van der Waals surface area contributed by atoms with E-state index < -0.39 is 15.6 Å². The van der Waals surface area contributed by atoms with Crippen molar-refractivity contribution in [1.29, 1.82) is 0 Å². The van der Waals surface area contributed by atoms with E-state index in [4.69, 9.17) is 0 Å². The molecule has 120 valence electrons. The van der Waals surface area contributed by atoms with Gasteiger partial charge in [0.05, 0.1) is 4.90 Å². The molecule has 2 bridgehead atoms. The van der Waals surface area contributed by atoms with Gasteiger partial charge in [-0.3, -0.25) is 20.3 Å². The molecule has 8 nitrogen and oxygen atoms in total. The highest BCUT2D eigenvalue weighted by Crippen LogP contribution is 2.21. The van der Waals surface area contributed by atoms with Gasteiger partial charge < -0.3 is 0 Å². The number of rotatable bonds is 3. The Kier molecular flexibility index (Phi) is 3.68. The molecule has 0 aromatic heterocycles. The van der Waals surface area contributed by atoms with Gasteiger partial charge in [-0.2, -0.15) is 0 Å². The summed E-state index contributed by atoms with van der Waals surface area (Å²) in [5.74, 6) is 0. The van der Waals surface area contributed by atoms with Crippen LogP contribution in [0.25, 0.3) is 0 Å². The van der Waals surface area contributed by atoms with Gasteiger partial charge in [-0.1, -0.05) is 17.7 Å². The van der Waals surface area contributed by atoms with Crippen LogP contribution in [-0.4, -0.2) is 56.2 Å². The number of benzene rings is 1. The molecule has 3 rings (SSSR count). The predicted octanol–water partition coefficient (Wildman–Crippen LogP) is -2.61. The van der Waals surface area contributed by atoms with Gasteiger partial charge in [0.2, 0.25) is 16.7 Å². The molecule has 2 aliphatic heterocycles. The molecule has 0 saturated carbocycles. The van der Waals surface area contributed by atoms with Crippen molar-refractivity contribution in [2.45, 2.75) is 17.4 Å². The Balaban J connectivity index is 1.94. The van der Waals surface area contributed by atoms with Crippen LogP contribution in [0.1, 0.15) is 5.56 Å². The van der Waals surface area contributed by atoms with E-state index in [9.17, 15) is 18.5 Å². The van der Waals surface area contributed by atoms with Crippen LogP contribution in [-0.2, 0) is 10.0 Å². The van der Waals surface area contributed by atoms with Crippen LogP contribution in [0.4, 0.5) is 0 Å². The highest BCUT2D eigenvalue weighted by Gasteiger charge is 2.59. The second-order valence-electron chi connectivity index (χ2n) is 6.19. The molecule has 1 aromatic rings. The Labute approximate surface area is 128 Å². The lowest BCUT2D eigenvalue weighted by atomic mass is 9.96. The molecule has 3 N–H and O–H groups in total. The van der Waals surface area contributed by atoms with Gasteiger partial charge >= 0.3 is 5.54 Å². The molecule has 9 heteroatoms. The quantitative estimate of drug-likeness (QED) is 0.469. The highest BCUT2D eigenvalue weighted by molar-refractivity contribution is 7.89. The van der Waals surface area contributed by atoms with Crippen molar-refractivity contribution in [3.63, 3.8) is 0 Å². The van der Waals surface area contributed by atoms with Gasteiger partial charge in [0.15, 0.2) is 19.8 Å². The third-order valence-electron chi connectivity index (χ3n) is 4.45. The van der Waals surface area contributed by atoms with E-state index in [0.29, 0.717) is 19.8 Å². The number of hydrogen-bond acceptors (Lipinski definition) is 4. The summed E-state index contributed by atoms with van der Waals surface area (Å²) in [7, 11) is -3.70. The molecule has 2 saturated heterocycles. The number of nitrogens with zero attached hydrogens (tertiary/aromatic N) is 2. The minimum absolute atomic E-state index is 0.0593. The standard InChI is InChI=1S/C13H18N4O4S/c1-11-2-4-12(5-3-11)22(20,21)16-8-13(17(18)19)6-14-9-15(7-13)10-16/h2-5,14H,6-10H2,1H3/p+2/t13-/m1/s1. The maximum atomic E-state index is 12.8. The monoisotopic (exact) mass is 328 g/mol. The van der Waals surface area contributed by atoms with E-state index in [1.54, 1.807) is 24.3 Å². The molecule has 2 aliphatic rings. The molecule has 0 radical (unpaired) electrons. The van der Waals surface area contributed by atoms with Crippen LogP contribution in [0, 0.1) is 17.0 Å². The molecule has 2 atom stereocenters. The first-order valence-electron chi connectivity index (χ1n) is 7.20. The second kappa shape index (κ2) is 5.27. The van der Waals surface area contributed by atoms with Gasteiger partial charge in [-0.15, -0.1) is 4.31 Å². The zero-order valence-electron chi connectivity index (χ0n) is 12.4. The second-order valence-corrected chi connectivity index (χ2v) is 8.13. The Bertz CT molecular complexity index is 690. The number of sulfonamides is 1. The van der Waals surface area contributed by atoms with Gasteiger partial charge in [0.1, 0.15) is 6.54 Å². The fraction of sp³-hybridized carbons (Fsp3) is 0.538. The van der Waals surface area contributed by atoms with Crippen LogP contribution in [0.15, 0.2) is 29.2 Å². The topological polar surface area (TPSA) is 102 Å². The van der Waals surface area contributed by atoms with Crippen molar-refractivity contribution in [3.8, 4) is 0 Å². The summed E-state index contributed by atoms with van der Waals surface area (Å²) in [6.07, 6.45) is 0. The summed E-state index contributed by atoms with van der Waals surface area (Å²) < 4.78 is 26.8. The van der Waals surface area contributed by atoms with E-state index >= 15 is 0 Å². The maximum absolute atomic E-state index is 12.8. The Morgan fingerprint density at radius 1 is 1.36 bits per heavy atom. The molecule has 2 heterocycles. The smallest absolute Gasteiger partial charge is 0.294 e. The molecule has 2 fully saturated rings. The molecule has 0 aliphatic carbocycles. The molecule has 1 aromatic carbocycles. The number of nitro groups is 1. The number of nitrogens with one attached hydrogen (secondary N) is 1. The average Bonchev–Trinajstić information content (AvgIpc) is 2.47. The molecular weight excluding hydrogens is 308 g/mol.